The van der Waals surface area contributed by atoms with Gasteiger partial charge >= 0.3 is 5.69 Å². The number of nitrogen functional groups attached to an aromatic ring is 1. The van der Waals surface area contributed by atoms with Crippen molar-refractivity contribution in [2.45, 2.75) is 6.54 Å². The Bertz CT molecular complexity index is 986. The predicted octanol–water partition coefficient (Wildman–Crippen LogP) is 0.358. The van der Waals surface area contributed by atoms with E-state index in [9.17, 15) is 14.4 Å². The van der Waals surface area contributed by atoms with Crippen LogP contribution in [0.25, 0.3) is 6.08 Å². The number of carbonyl (C=O) groups excluding carboxylic acids is 1. The van der Waals surface area contributed by atoms with Crippen molar-refractivity contribution >= 4 is 17.7 Å². The molecule has 1 aliphatic rings. The van der Waals surface area contributed by atoms with Gasteiger partial charge in [0.2, 0.25) is 0 Å². The van der Waals surface area contributed by atoms with Gasteiger partial charge in [-0.15, -0.1) is 0 Å². The SMILES string of the molecule is Cn1c(N)c(C(=O)C=Cc2ccccc2)c(=O)n(CCN2CCOCC2)c1=O. The maximum absolute atomic E-state index is 12.9. The number of nitrogens with two attached hydrogens (primary N) is 1. The zero-order chi connectivity index (χ0) is 20.1. The van der Waals surface area contributed by atoms with Crippen LogP contribution in [-0.4, -0.2) is 52.7 Å². The van der Waals surface area contributed by atoms with Gasteiger partial charge in [-0.3, -0.25) is 23.6 Å². The first kappa shape index (κ1) is 19.8. The van der Waals surface area contributed by atoms with Gasteiger partial charge in [-0.05, 0) is 11.6 Å². The molecule has 1 aromatic heterocycles. The summed E-state index contributed by atoms with van der Waals surface area (Å²) in [4.78, 5) is 40.1. The molecule has 0 atom stereocenters. The van der Waals surface area contributed by atoms with Gasteiger partial charge in [0.25, 0.3) is 5.56 Å². The number of nitrogens with zero attached hydrogens (tertiary/aromatic N) is 3. The molecule has 2 aromatic rings. The molecule has 1 fully saturated rings. The van der Waals surface area contributed by atoms with E-state index in [0.717, 1.165) is 27.8 Å². The Kier molecular flexibility index (Phi) is 6.23. The average Bonchev–Trinajstić information content (AvgIpc) is 2.72. The van der Waals surface area contributed by atoms with Crippen molar-refractivity contribution in [1.82, 2.24) is 14.0 Å². The van der Waals surface area contributed by atoms with Gasteiger partial charge in [0.1, 0.15) is 11.4 Å². The summed E-state index contributed by atoms with van der Waals surface area (Å²) in [5.41, 5.74) is 5.39. The van der Waals surface area contributed by atoms with Crippen LogP contribution in [0.2, 0.25) is 0 Å². The summed E-state index contributed by atoms with van der Waals surface area (Å²) < 4.78 is 7.53. The normalized spacial score (nSPS) is 15.2. The molecule has 8 nitrogen and oxygen atoms in total. The van der Waals surface area contributed by atoms with Crippen LogP contribution in [0, 0.1) is 0 Å². The molecule has 0 radical (unpaired) electrons. The van der Waals surface area contributed by atoms with Gasteiger partial charge in [-0.2, -0.15) is 0 Å². The summed E-state index contributed by atoms with van der Waals surface area (Å²) >= 11 is 0. The molecular weight excluding hydrogens is 360 g/mol. The van der Waals surface area contributed by atoms with Crippen LogP contribution in [0.5, 0.6) is 0 Å². The molecule has 0 amide bonds. The third-order valence-corrected chi connectivity index (χ3v) is 4.81. The van der Waals surface area contributed by atoms with Crippen LogP contribution in [0.15, 0.2) is 46.0 Å². The summed E-state index contributed by atoms with van der Waals surface area (Å²) in [6.45, 7) is 3.46. The predicted molar refractivity (Wildman–Crippen MR) is 107 cm³/mol. The van der Waals surface area contributed by atoms with Gasteiger partial charge in [0, 0.05) is 33.2 Å². The molecule has 0 saturated carbocycles. The second kappa shape index (κ2) is 8.81. The van der Waals surface area contributed by atoms with E-state index in [1.165, 1.54) is 13.1 Å². The van der Waals surface area contributed by atoms with E-state index in [-0.39, 0.29) is 17.9 Å². The van der Waals surface area contributed by atoms with Crippen molar-refractivity contribution in [1.29, 1.82) is 0 Å². The van der Waals surface area contributed by atoms with Crippen molar-refractivity contribution < 1.29 is 9.53 Å². The molecule has 1 saturated heterocycles. The number of rotatable bonds is 6. The van der Waals surface area contributed by atoms with E-state index < -0.39 is 17.0 Å². The molecule has 2 heterocycles. The number of hydrogen-bond acceptors (Lipinski definition) is 6. The van der Waals surface area contributed by atoms with E-state index in [1.807, 2.05) is 30.3 Å². The first-order valence-corrected chi connectivity index (χ1v) is 9.16. The molecule has 0 spiro atoms. The fourth-order valence-electron chi connectivity index (χ4n) is 3.10. The van der Waals surface area contributed by atoms with Crippen molar-refractivity contribution in [3.8, 4) is 0 Å². The lowest BCUT2D eigenvalue weighted by molar-refractivity contribution is 0.0361. The van der Waals surface area contributed by atoms with Gasteiger partial charge in [-0.25, -0.2) is 4.79 Å². The minimum absolute atomic E-state index is 0.125. The summed E-state index contributed by atoms with van der Waals surface area (Å²) in [6.07, 6.45) is 2.92. The van der Waals surface area contributed by atoms with Crippen LogP contribution in [-0.2, 0) is 18.3 Å². The fraction of sp³-hybridized carbons (Fsp3) is 0.350. The number of ether oxygens (including phenoxy) is 1. The maximum Gasteiger partial charge on any atom is 0.332 e. The Morgan fingerprint density at radius 1 is 1.14 bits per heavy atom. The number of aromatic nitrogens is 2. The Hall–Kier alpha value is -2.97. The molecule has 1 aromatic carbocycles. The molecule has 0 bridgehead atoms. The zero-order valence-corrected chi connectivity index (χ0v) is 15.8. The molecule has 1 aliphatic heterocycles. The highest BCUT2D eigenvalue weighted by molar-refractivity contribution is 6.09. The molecule has 3 rings (SSSR count). The van der Waals surface area contributed by atoms with Gasteiger partial charge in [0.15, 0.2) is 5.78 Å². The summed E-state index contributed by atoms with van der Waals surface area (Å²) in [6, 6.07) is 9.26. The number of hydrogen-bond donors (Lipinski definition) is 1. The fourth-order valence-corrected chi connectivity index (χ4v) is 3.10. The van der Waals surface area contributed by atoms with Gasteiger partial charge in [-0.1, -0.05) is 36.4 Å². The standard InChI is InChI=1S/C20H24N4O4/c1-22-18(21)17(16(25)8-7-15-5-3-2-4-6-15)19(26)24(20(22)27)10-9-23-11-13-28-14-12-23/h2-8H,9-14,21H2,1H3. The minimum Gasteiger partial charge on any atom is -0.384 e. The highest BCUT2D eigenvalue weighted by Crippen LogP contribution is 2.08. The van der Waals surface area contributed by atoms with E-state index >= 15 is 0 Å². The van der Waals surface area contributed by atoms with Crippen LogP contribution in [0.1, 0.15) is 15.9 Å². The van der Waals surface area contributed by atoms with E-state index in [0.29, 0.717) is 19.8 Å². The van der Waals surface area contributed by atoms with E-state index in [2.05, 4.69) is 4.90 Å². The zero-order valence-electron chi connectivity index (χ0n) is 15.8. The van der Waals surface area contributed by atoms with Crippen molar-refractivity contribution in [2.24, 2.45) is 7.05 Å². The van der Waals surface area contributed by atoms with Crippen LogP contribution in [0.4, 0.5) is 5.82 Å². The summed E-state index contributed by atoms with van der Waals surface area (Å²) in [5.74, 6) is -0.651. The van der Waals surface area contributed by atoms with Crippen LogP contribution >= 0.6 is 0 Å². The van der Waals surface area contributed by atoms with Gasteiger partial charge < -0.3 is 10.5 Å². The first-order valence-electron chi connectivity index (χ1n) is 9.16. The third kappa shape index (κ3) is 4.29. The first-order chi connectivity index (χ1) is 13.5. The second-order valence-corrected chi connectivity index (χ2v) is 6.62. The number of benzene rings is 1. The van der Waals surface area contributed by atoms with E-state index in [1.54, 1.807) is 6.08 Å². The Morgan fingerprint density at radius 3 is 2.50 bits per heavy atom. The average molecular weight is 384 g/mol. The van der Waals surface area contributed by atoms with E-state index in [4.69, 9.17) is 10.5 Å². The molecular formula is C20H24N4O4. The van der Waals surface area contributed by atoms with Crippen LogP contribution in [0.3, 0.4) is 0 Å². The Labute approximate surface area is 162 Å². The molecule has 0 unspecified atom stereocenters. The highest BCUT2D eigenvalue weighted by atomic mass is 16.5. The van der Waals surface area contributed by atoms with Crippen LogP contribution < -0.4 is 17.0 Å². The molecule has 148 valence electrons. The Morgan fingerprint density at radius 2 is 1.82 bits per heavy atom. The van der Waals surface area contributed by atoms with Crippen molar-refractivity contribution in [3.05, 3.63) is 68.4 Å². The lowest BCUT2D eigenvalue weighted by atomic mass is 10.1. The maximum atomic E-state index is 12.9. The number of anilines is 1. The quantitative estimate of drug-likeness (QED) is 0.570. The lowest BCUT2D eigenvalue weighted by Gasteiger charge is -2.26. The summed E-state index contributed by atoms with van der Waals surface area (Å²) in [7, 11) is 1.46. The van der Waals surface area contributed by atoms with Gasteiger partial charge in [0.05, 0.1) is 13.2 Å². The molecule has 0 aliphatic carbocycles. The third-order valence-electron chi connectivity index (χ3n) is 4.81. The monoisotopic (exact) mass is 384 g/mol. The number of ketones is 1. The topological polar surface area (TPSA) is 99.6 Å². The largest absolute Gasteiger partial charge is 0.384 e. The summed E-state index contributed by atoms with van der Waals surface area (Å²) in [5, 5.41) is 0. The molecule has 2 N–H and O–H groups in total. The smallest absolute Gasteiger partial charge is 0.332 e. The highest BCUT2D eigenvalue weighted by Gasteiger charge is 2.20. The number of carbonyl (C=O) groups is 1. The molecule has 8 heteroatoms. The minimum atomic E-state index is -0.656. The van der Waals surface area contributed by atoms with Crippen molar-refractivity contribution in [2.75, 3.05) is 38.6 Å². The van der Waals surface area contributed by atoms with Crippen molar-refractivity contribution in [3.63, 3.8) is 0 Å². The number of allylic oxidation sites excluding steroid dienone is 1. The lowest BCUT2D eigenvalue weighted by Crippen LogP contribution is -2.46. The molecule has 28 heavy (non-hydrogen) atoms. The Balaban J connectivity index is 1.89. The number of morpholine rings is 1. The second-order valence-electron chi connectivity index (χ2n) is 6.62.